The Morgan fingerprint density at radius 2 is 2.06 bits per heavy atom. The summed E-state index contributed by atoms with van der Waals surface area (Å²) in [4.78, 5) is 27.1. The van der Waals surface area contributed by atoms with Gasteiger partial charge in [-0.2, -0.15) is 4.98 Å². The highest BCUT2D eigenvalue weighted by Crippen LogP contribution is 2.36. The Balaban J connectivity index is 1.42. The van der Waals surface area contributed by atoms with Crippen LogP contribution in [-0.4, -0.2) is 43.9 Å². The maximum Gasteiger partial charge on any atom is 0.329 e. The maximum atomic E-state index is 13.3. The van der Waals surface area contributed by atoms with Crippen molar-refractivity contribution < 1.29 is 9.47 Å². The number of aryl methyl sites for hydroxylation is 1. The molecule has 2 fully saturated rings. The average Bonchev–Trinajstić information content (AvgIpc) is 3.41. The third kappa shape index (κ3) is 3.35. The van der Waals surface area contributed by atoms with Crippen molar-refractivity contribution in [3.63, 3.8) is 0 Å². The number of fused-ring (bicyclic) bond motifs is 2. The van der Waals surface area contributed by atoms with Crippen LogP contribution in [0.15, 0.2) is 41.5 Å². The van der Waals surface area contributed by atoms with Crippen LogP contribution in [0, 0.1) is 12.8 Å². The van der Waals surface area contributed by atoms with Gasteiger partial charge in [0, 0.05) is 24.8 Å². The highest BCUT2D eigenvalue weighted by atomic mass is 16.5. The minimum Gasteiger partial charge on any atom is -0.477 e. The molecule has 1 saturated heterocycles. The van der Waals surface area contributed by atoms with Crippen molar-refractivity contribution in [2.45, 2.75) is 38.8 Å². The number of imidazole rings is 1. The number of nitrogens with zero attached hydrogens (tertiary/aromatic N) is 5. The molecule has 4 aromatic rings. The van der Waals surface area contributed by atoms with E-state index in [-0.39, 0.29) is 18.3 Å². The van der Waals surface area contributed by atoms with Crippen molar-refractivity contribution in [3.05, 3.63) is 58.5 Å². The average molecular weight is 431 g/mol. The molecule has 1 unspecified atom stereocenters. The predicted octanol–water partition coefficient (Wildman–Crippen LogP) is 3.25. The Hall–Kier alpha value is -3.26. The molecule has 1 atom stereocenters. The summed E-state index contributed by atoms with van der Waals surface area (Å²) < 4.78 is 15.3. The molecule has 6 rings (SSSR count). The van der Waals surface area contributed by atoms with Gasteiger partial charge in [-0.05, 0) is 43.9 Å². The molecule has 1 aliphatic heterocycles. The first-order chi connectivity index (χ1) is 15.7. The molecule has 0 N–H and O–H groups in total. The van der Waals surface area contributed by atoms with E-state index in [1.54, 1.807) is 17.0 Å². The highest BCUT2D eigenvalue weighted by Gasteiger charge is 2.29. The summed E-state index contributed by atoms with van der Waals surface area (Å²) in [7, 11) is 0. The molecule has 164 valence electrons. The lowest BCUT2D eigenvalue weighted by molar-refractivity contribution is 0.166. The first-order valence-corrected chi connectivity index (χ1v) is 11.2. The van der Waals surface area contributed by atoms with Gasteiger partial charge in [0.25, 0.3) is 0 Å². The zero-order valence-electron chi connectivity index (χ0n) is 18.0. The van der Waals surface area contributed by atoms with E-state index in [0.29, 0.717) is 24.2 Å². The molecule has 32 heavy (non-hydrogen) atoms. The van der Waals surface area contributed by atoms with Crippen molar-refractivity contribution in [1.82, 2.24) is 24.1 Å². The number of pyridine rings is 1. The third-order valence-corrected chi connectivity index (χ3v) is 6.40. The fourth-order valence-electron chi connectivity index (χ4n) is 4.55. The van der Waals surface area contributed by atoms with E-state index in [4.69, 9.17) is 19.4 Å². The van der Waals surface area contributed by atoms with E-state index >= 15 is 0 Å². The molecule has 8 nitrogen and oxygen atoms in total. The van der Waals surface area contributed by atoms with Crippen LogP contribution in [-0.2, 0) is 11.3 Å². The molecular weight excluding hydrogens is 406 g/mol. The van der Waals surface area contributed by atoms with E-state index in [2.05, 4.69) is 4.98 Å². The zero-order chi connectivity index (χ0) is 21.7. The molecule has 0 amide bonds. The van der Waals surface area contributed by atoms with Gasteiger partial charge < -0.3 is 9.47 Å². The van der Waals surface area contributed by atoms with E-state index in [1.807, 2.05) is 35.8 Å². The summed E-state index contributed by atoms with van der Waals surface area (Å²) in [5, 5.41) is 0.921. The van der Waals surface area contributed by atoms with E-state index in [9.17, 15) is 4.79 Å². The summed E-state index contributed by atoms with van der Waals surface area (Å²) in [6.07, 6.45) is 6.56. The van der Waals surface area contributed by atoms with Crippen LogP contribution in [0.1, 0.15) is 36.7 Å². The van der Waals surface area contributed by atoms with E-state index in [0.717, 1.165) is 60.0 Å². The molecule has 0 bridgehead atoms. The highest BCUT2D eigenvalue weighted by molar-refractivity contribution is 5.86. The minimum absolute atomic E-state index is 0.0333. The summed E-state index contributed by atoms with van der Waals surface area (Å²) in [6, 6.07) is 8.18. The fourth-order valence-corrected chi connectivity index (χ4v) is 4.55. The van der Waals surface area contributed by atoms with Gasteiger partial charge in [0.1, 0.15) is 0 Å². The van der Waals surface area contributed by atoms with Gasteiger partial charge in [-0.1, -0.05) is 12.1 Å². The molecule has 8 heteroatoms. The Labute approximate surface area is 184 Å². The smallest absolute Gasteiger partial charge is 0.329 e. The second-order valence-corrected chi connectivity index (χ2v) is 8.79. The summed E-state index contributed by atoms with van der Waals surface area (Å²) in [5.41, 5.74) is 3.59. The number of aromatic nitrogens is 5. The van der Waals surface area contributed by atoms with Crippen molar-refractivity contribution in [2.75, 3.05) is 19.8 Å². The SMILES string of the molecule is Cc1cccc2nc(Cn3c(=O)n(C4CC4)c4ccncc43)nc(OCC3CCOC3)c12. The number of ether oxygens (including phenoxy) is 2. The van der Waals surface area contributed by atoms with Gasteiger partial charge in [0.05, 0.1) is 47.9 Å². The Bertz CT molecular complexity index is 1370. The Morgan fingerprint density at radius 1 is 1.16 bits per heavy atom. The predicted molar refractivity (Wildman–Crippen MR) is 120 cm³/mol. The van der Waals surface area contributed by atoms with Crippen LogP contribution in [0.25, 0.3) is 21.9 Å². The van der Waals surface area contributed by atoms with Crippen molar-refractivity contribution >= 4 is 21.9 Å². The van der Waals surface area contributed by atoms with Crippen LogP contribution in [0.5, 0.6) is 5.88 Å². The fraction of sp³-hybridized carbons (Fsp3) is 0.417. The van der Waals surface area contributed by atoms with Gasteiger partial charge in [-0.25, -0.2) is 9.78 Å². The molecule has 1 saturated carbocycles. The molecule has 2 aliphatic rings. The lowest BCUT2D eigenvalue weighted by Crippen LogP contribution is -2.25. The van der Waals surface area contributed by atoms with Crippen molar-refractivity contribution in [3.8, 4) is 5.88 Å². The van der Waals surface area contributed by atoms with Gasteiger partial charge in [0.15, 0.2) is 5.82 Å². The zero-order valence-corrected chi connectivity index (χ0v) is 18.0. The van der Waals surface area contributed by atoms with Gasteiger partial charge >= 0.3 is 5.69 Å². The summed E-state index contributed by atoms with van der Waals surface area (Å²) in [6.45, 7) is 4.37. The summed E-state index contributed by atoms with van der Waals surface area (Å²) in [5.74, 6) is 1.51. The van der Waals surface area contributed by atoms with E-state index in [1.165, 1.54) is 0 Å². The largest absolute Gasteiger partial charge is 0.477 e. The second-order valence-electron chi connectivity index (χ2n) is 8.79. The number of hydrogen-bond donors (Lipinski definition) is 0. The van der Waals surface area contributed by atoms with Crippen LogP contribution in [0.4, 0.5) is 0 Å². The molecule has 0 radical (unpaired) electrons. The minimum atomic E-state index is -0.0333. The van der Waals surface area contributed by atoms with Crippen molar-refractivity contribution in [1.29, 1.82) is 0 Å². The molecule has 3 aromatic heterocycles. The Kier molecular flexibility index (Phi) is 4.68. The standard InChI is InChI=1S/C24H25N5O3/c1-15-3-2-4-18-22(15)23(32-14-16-8-10-31-13-16)27-21(26-18)12-28-20-11-25-9-7-19(20)29(24(28)30)17-5-6-17/h2-4,7,9,11,16-17H,5-6,8,10,12-14H2,1H3. The Morgan fingerprint density at radius 3 is 2.88 bits per heavy atom. The maximum absolute atomic E-state index is 13.3. The summed E-state index contributed by atoms with van der Waals surface area (Å²) >= 11 is 0. The van der Waals surface area contributed by atoms with Crippen LogP contribution < -0.4 is 10.4 Å². The second kappa shape index (κ2) is 7.70. The van der Waals surface area contributed by atoms with Crippen LogP contribution in [0.3, 0.4) is 0 Å². The molecule has 0 spiro atoms. The van der Waals surface area contributed by atoms with Gasteiger partial charge in [0.2, 0.25) is 5.88 Å². The topological polar surface area (TPSA) is 84.1 Å². The van der Waals surface area contributed by atoms with E-state index < -0.39 is 0 Å². The number of benzene rings is 1. The third-order valence-electron chi connectivity index (χ3n) is 6.40. The normalized spacial score (nSPS) is 18.6. The van der Waals surface area contributed by atoms with Crippen LogP contribution >= 0.6 is 0 Å². The lowest BCUT2D eigenvalue weighted by atomic mass is 10.1. The van der Waals surface area contributed by atoms with Crippen molar-refractivity contribution in [2.24, 2.45) is 5.92 Å². The number of rotatable bonds is 6. The van der Waals surface area contributed by atoms with Crippen LogP contribution in [0.2, 0.25) is 0 Å². The van der Waals surface area contributed by atoms with Gasteiger partial charge in [-0.3, -0.25) is 14.1 Å². The first-order valence-electron chi connectivity index (χ1n) is 11.2. The molecule has 1 aromatic carbocycles. The van der Waals surface area contributed by atoms with Gasteiger partial charge in [-0.15, -0.1) is 0 Å². The monoisotopic (exact) mass is 431 g/mol. The number of hydrogen-bond acceptors (Lipinski definition) is 6. The lowest BCUT2D eigenvalue weighted by Gasteiger charge is -2.14. The molecule has 4 heterocycles. The molecular formula is C24H25N5O3. The first kappa shape index (κ1) is 19.4. The molecule has 1 aliphatic carbocycles. The quantitative estimate of drug-likeness (QED) is 0.466.